The molecule has 0 rings (SSSR count). The molecule has 0 unspecified atom stereocenters. The summed E-state index contributed by atoms with van der Waals surface area (Å²) in [6.07, 6.45) is 7.61. The van der Waals surface area contributed by atoms with E-state index < -0.39 is 0 Å². The lowest BCUT2D eigenvalue weighted by molar-refractivity contribution is -0.137. The molecular formula is C10H12BrNO2. The highest BCUT2D eigenvalue weighted by atomic mass is 79.9. The van der Waals surface area contributed by atoms with Gasteiger partial charge in [-0.15, -0.1) is 0 Å². The third kappa shape index (κ3) is 7.49. The summed E-state index contributed by atoms with van der Waals surface area (Å²) in [6.45, 7) is 5.56. The van der Waals surface area contributed by atoms with Crippen LogP contribution in [0.3, 0.4) is 0 Å². The van der Waals surface area contributed by atoms with Gasteiger partial charge in [-0.25, -0.2) is 4.79 Å². The second-order valence-electron chi connectivity index (χ2n) is 2.12. The van der Waals surface area contributed by atoms with Crippen LogP contribution in [0, 0.1) is 0 Å². The van der Waals surface area contributed by atoms with Crippen molar-refractivity contribution in [3.63, 3.8) is 0 Å². The molecule has 0 bridgehead atoms. The van der Waals surface area contributed by atoms with Gasteiger partial charge >= 0.3 is 5.97 Å². The average Bonchev–Trinajstić information content (AvgIpc) is 2.16. The van der Waals surface area contributed by atoms with Crippen molar-refractivity contribution in [3.8, 4) is 0 Å². The lowest BCUT2D eigenvalue weighted by atomic mass is 10.4. The minimum atomic E-state index is -0.362. The van der Waals surface area contributed by atoms with Crippen LogP contribution in [0.25, 0.3) is 0 Å². The van der Waals surface area contributed by atoms with Gasteiger partial charge in [-0.05, 0) is 19.1 Å². The maximum absolute atomic E-state index is 10.9. The number of halogens is 1. The fraction of sp³-hybridized carbons (Fsp3) is 0.200. The molecule has 0 aromatic carbocycles. The average molecular weight is 258 g/mol. The molecule has 0 aromatic heterocycles. The molecule has 0 amide bonds. The highest BCUT2D eigenvalue weighted by Crippen LogP contribution is 2.05. The Morgan fingerprint density at radius 3 is 2.86 bits per heavy atom. The molecule has 76 valence electrons. The number of allylic oxidation sites excluding steroid dienone is 3. The van der Waals surface area contributed by atoms with E-state index in [9.17, 15) is 4.79 Å². The summed E-state index contributed by atoms with van der Waals surface area (Å²) >= 11 is 3.23. The van der Waals surface area contributed by atoms with Gasteiger partial charge in [0.25, 0.3) is 0 Å². The normalized spacial score (nSPS) is 12.3. The molecule has 0 aliphatic rings. The number of nitrogens with zero attached hydrogens (tertiary/aromatic N) is 1. The number of esters is 1. The van der Waals surface area contributed by atoms with Gasteiger partial charge in [0.15, 0.2) is 0 Å². The SMILES string of the molecule is C=C/N=C/C=C(Br)\C=C\C(=O)OCC. The lowest BCUT2D eigenvalue weighted by Crippen LogP contribution is -1.98. The Morgan fingerprint density at radius 1 is 1.57 bits per heavy atom. The second-order valence-corrected chi connectivity index (χ2v) is 3.03. The third-order valence-corrected chi connectivity index (χ3v) is 1.62. The van der Waals surface area contributed by atoms with Crippen molar-refractivity contribution >= 4 is 28.1 Å². The van der Waals surface area contributed by atoms with E-state index in [2.05, 4.69) is 27.5 Å². The first-order chi connectivity index (χ1) is 6.70. The van der Waals surface area contributed by atoms with E-state index in [-0.39, 0.29) is 5.97 Å². The summed E-state index contributed by atoms with van der Waals surface area (Å²) in [4.78, 5) is 14.6. The zero-order chi connectivity index (χ0) is 10.8. The molecule has 0 N–H and O–H groups in total. The highest BCUT2D eigenvalue weighted by Gasteiger charge is 1.92. The van der Waals surface area contributed by atoms with Gasteiger partial charge in [0, 0.05) is 23.0 Å². The van der Waals surface area contributed by atoms with Gasteiger partial charge in [-0.3, -0.25) is 4.99 Å². The van der Waals surface area contributed by atoms with Crippen LogP contribution in [0.4, 0.5) is 0 Å². The van der Waals surface area contributed by atoms with Gasteiger partial charge < -0.3 is 4.74 Å². The van der Waals surface area contributed by atoms with E-state index in [0.717, 1.165) is 4.48 Å². The van der Waals surface area contributed by atoms with Gasteiger partial charge in [0.1, 0.15) is 0 Å². The summed E-state index contributed by atoms with van der Waals surface area (Å²) in [7, 11) is 0. The van der Waals surface area contributed by atoms with Crippen molar-refractivity contribution in [3.05, 3.63) is 35.5 Å². The fourth-order valence-corrected chi connectivity index (χ4v) is 0.819. The van der Waals surface area contributed by atoms with Gasteiger partial charge in [-0.2, -0.15) is 0 Å². The van der Waals surface area contributed by atoms with E-state index in [0.29, 0.717) is 6.61 Å². The number of hydrogen-bond donors (Lipinski definition) is 0. The second kappa shape index (κ2) is 8.44. The van der Waals surface area contributed by atoms with E-state index in [1.165, 1.54) is 12.3 Å². The first-order valence-corrected chi connectivity index (χ1v) is 4.84. The lowest BCUT2D eigenvalue weighted by Gasteiger charge is -1.93. The first-order valence-electron chi connectivity index (χ1n) is 4.05. The maximum Gasteiger partial charge on any atom is 0.330 e. The van der Waals surface area contributed by atoms with Crippen LogP contribution in [0.2, 0.25) is 0 Å². The van der Waals surface area contributed by atoms with Gasteiger partial charge in [0.2, 0.25) is 0 Å². The van der Waals surface area contributed by atoms with E-state index in [4.69, 9.17) is 4.74 Å². The molecule has 3 nitrogen and oxygen atoms in total. The summed E-state index contributed by atoms with van der Waals surface area (Å²) in [5, 5.41) is 0. The molecule has 0 aromatic rings. The number of aliphatic imine (C=N–C) groups is 1. The van der Waals surface area contributed by atoms with Crippen LogP contribution in [0.5, 0.6) is 0 Å². The van der Waals surface area contributed by atoms with Crippen molar-refractivity contribution in [2.24, 2.45) is 4.99 Å². The molecule has 14 heavy (non-hydrogen) atoms. The van der Waals surface area contributed by atoms with Gasteiger partial charge in [-0.1, -0.05) is 22.5 Å². The Labute approximate surface area is 92.0 Å². The predicted octanol–water partition coefficient (Wildman–Crippen LogP) is 2.60. The predicted molar refractivity (Wildman–Crippen MR) is 61.5 cm³/mol. The molecule has 0 aliphatic heterocycles. The number of ether oxygens (including phenoxy) is 1. The molecule has 0 saturated heterocycles. The van der Waals surface area contributed by atoms with Crippen LogP contribution in [0.1, 0.15) is 6.92 Å². The summed E-state index contributed by atoms with van der Waals surface area (Å²) in [5.74, 6) is -0.362. The Morgan fingerprint density at radius 2 is 2.29 bits per heavy atom. The Kier molecular flexibility index (Phi) is 7.74. The van der Waals surface area contributed by atoms with Gasteiger partial charge in [0.05, 0.1) is 6.61 Å². The summed E-state index contributed by atoms with van der Waals surface area (Å²) in [5.41, 5.74) is 0. The molecule has 0 aliphatic carbocycles. The minimum Gasteiger partial charge on any atom is -0.463 e. The number of carbonyl (C=O) groups excluding carboxylic acids is 1. The quantitative estimate of drug-likeness (QED) is 0.329. The van der Waals surface area contributed by atoms with E-state index in [1.54, 1.807) is 25.3 Å². The van der Waals surface area contributed by atoms with Crippen LogP contribution in [-0.2, 0) is 9.53 Å². The number of carbonyl (C=O) groups is 1. The summed E-state index contributed by atoms with van der Waals surface area (Å²) < 4.78 is 5.43. The Hall–Kier alpha value is -1.16. The fourth-order valence-electron chi connectivity index (χ4n) is 0.569. The zero-order valence-corrected chi connectivity index (χ0v) is 9.53. The van der Waals surface area contributed by atoms with Crippen LogP contribution in [0.15, 0.2) is 40.5 Å². The summed E-state index contributed by atoms with van der Waals surface area (Å²) in [6, 6.07) is 0. The first kappa shape index (κ1) is 12.8. The monoisotopic (exact) mass is 257 g/mol. The third-order valence-electron chi connectivity index (χ3n) is 1.09. The van der Waals surface area contributed by atoms with Crippen LogP contribution >= 0.6 is 15.9 Å². The topological polar surface area (TPSA) is 38.7 Å². The van der Waals surface area contributed by atoms with Crippen LogP contribution < -0.4 is 0 Å². The smallest absolute Gasteiger partial charge is 0.330 e. The zero-order valence-electron chi connectivity index (χ0n) is 7.94. The van der Waals surface area contributed by atoms with E-state index >= 15 is 0 Å². The molecule has 0 heterocycles. The number of rotatable bonds is 5. The van der Waals surface area contributed by atoms with Crippen molar-refractivity contribution in [1.82, 2.24) is 0 Å². The molecule has 0 radical (unpaired) electrons. The van der Waals surface area contributed by atoms with Crippen molar-refractivity contribution in [1.29, 1.82) is 0 Å². The molecule has 0 saturated carbocycles. The maximum atomic E-state index is 10.9. The number of hydrogen-bond acceptors (Lipinski definition) is 3. The molecule has 4 heteroatoms. The highest BCUT2D eigenvalue weighted by molar-refractivity contribution is 9.11. The molecule has 0 atom stereocenters. The standard InChI is InChI=1S/C10H12BrNO2/c1-3-12-8-7-9(11)5-6-10(13)14-4-2/h3,5-8H,1,4H2,2H3/b6-5+,9-7+,12-8+. The molecular weight excluding hydrogens is 246 g/mol. The molecule has 0 spiro atoms. The molecule has 0 fully saturated rings. The van der Waals surface area contributed by atoms with Crippen molar-refractivity contribution < 1.29 is 9.53 Å². The van der Waals surface area contributed by atoms with Crippen molar-refractivity contribution in [2.75, 3.05) is 6.61 Å². The Balaban J connectivity index is 4.09. The minimum absolute atomic E-state index is 0.362. The van der Waals surface area contributed by atoms with Crippen LogP contribution in [-0.4, -0.2) is 18.8 Å². The largest absolute Gasteiger partial charge is 0.463 e. The van der Waals surface area contributed by atoms with Crippen molar-refractivity contribution in [2.45, 2.75) is 6.92 Å². The van der Waals surface area contributed by atoms with E-state index in [1.807, 2.05) is 0 Å². The Bertz CT molecular complexity index is 280.